The van der Waals surface area contributed by atoms with Gasteiger partial charge in [-0.2, -0.15) is 0 Å². The summed E-state index contributed by atoms with van der Waals surface area (Å²) in [5, 5.41) is 1.98. The molecule has 19 heavy (non-hydrogen) atoms. The number of nitrogens with two attached hydrogens (primary N) is 1. The second-order valence-corrected chi connectivity index (χ2v) is 5.62. The number of amides is 1. The molecule has 2 aromatic rings. The maximum Gasteiger partial charge on any atom is 0.258 e. The number of hydrogen-bond donors (Lipinski definition) is 1. The first-order valence-electron chi connectivity index (χ1n) is 6.31. The average molecular weight is 273 g/mol. The fraction of sp³-hybridized carbons (Fsp3) is 0.267. The Balaban J connectivity index is 2.08. The second-order valence-electron chi connectivity index (χ2n) is 4.71. The standard InChI is InChI=1S/C15H15NO2S/c16-14(17)13-9-12(10-19-13)15(7-4-8-18-15)11-5-2-1-3-6-11/h1-3,5-6,9-10H,4,7-8H2,(H2,16,17). The van der Waals surface area contributed by atoms with Gasteiger partial charge in [0.2, 0.25) is 0 Å². The van der Waals surface area contributed by atoms with Crippen molar-refractivity contribution in [2.75, 3.05) is 6.61 Å². The first kappa shape index (κ1) is 12.4. The lowest BCUT2D eigenvalue weighted by molar-refractivity contribution is 0.0363. The molecule has 0 saturated carbocycles. The number of hydrogen-bond acceptors (Lipinski definition) is 3. The number of thiophene rings is 1. The molecule has 1 aromatic heterocycles. The second kappa shape index (κ2) is 4.79. The van der Waals surface area contributed by atoms with Gasteiger partial charge in [-0.05, 0) is 35.4 Å². The van der Waals surface area contributed by atoms with Crippen molar-refractivity contribution in [1.29, 1.82) is 0 Å². The van der Waals surface area contributed by atoms with Crippen LogP contribution >= 0.6 is 11.3 Å². The summed E-state index contributed by atoms with van der Waals surface area (Å²) < 4.78 is 6.06. The Morgan fingerprint density at radius 2 is 2.05 bits per heavy atom. The SMILES string of the molecule is NC(=O)c1cc(C2(c3ccccc3)CCCO2)cs1. The van der Waals surface area contributed by atoms with Crippen molar-refractivity contribution in [3.63, 3.8) is 0 Å². The van der Waals surface area contributed by atoms with Gasteiger partial charge in [0.25, 0.3) is 5.91 Å². The predicted octanol–water partition coefficient (Wildman–Crippen LogP) is 2.90. The Hall–Kier alpha value is -1.65. The van der Waals surface area contributed by atoms with E-state index in [1.165, 1.54) is 11.3 Å². The fourth-order valence-electron chi connectivity index (χ4n) is 2.65. The molecule has 1 aliphatic heterocycles. The monoisotopic (exact) mass is 273 g/mol. The van der Waals surface area contributed by atoms with Crippen LogP contribution in [0.2, 0.25) is 0 Å². The zero-order valence-electron chi connectivity index (χ0n) is 10.5. The summed E-state index contributed by atoms with van der Waals surface area (Å²) in [5.74, 6) is -0.377. The smallest absolute Gasteiger partial charge is 0.258 e. The van der Waals surface area contributed by atoms with Gasteiger partial charge < -0.3 is 10.5 Å². The number of benzene rings is 1. The molecule has 4 heteroatoms. The van der Waals surface area contributed by atoms with Gasteiger partial charge >= 0.3 is 0 Å². The van der Waals surface area contributed by atoms with E-state index in [4.69, 9.17) is 10.5 Å². The number of ether oxygens (including phenoxy) is 1. The third-order valence-electron chi connectivity index (χ3n) is 3.57. The van der Waals surface area contributed by atoms with Crippen LogP contribution in [0, 0.1) is 0 Å². The van der Waals surface area contributed by atoms with E-state index < -0.39 is 5.60 Å². The van der Waals surface area contributed by atoms with E-state index in [2.05, 4.69) is 12.1 Å². The molecule has 0 aliphatic carbocycles. The Morgan fingerprint density at radius 3 is 2.63 bits per heavy atom. The third kappa shape index (κ3) is 2.07. The highest BCUT2D eigenvalue weighted by Crippen LogP contribution is 2.43. The summed E-state index contributed by atoms with van der Waals surface area (Å²) in [5.41, 5.74) is 7.10. The van der Waals surface area contributed by atoms with Crippen LogP contribution in [-0.2, 0) is 10.3 Å². The van der Waals surface area contributed by atoms with Gasteiger partial charge in [0.1, 0.15) is 5.60 Å². The quantitative estimate of drug-likeness (QED) is 0.934. The lowest BCUT2D eigenvalue weighted by Crippen LogP contribution is -2.25. The molecule has 1 fully saturated rings. The van der Waals surface area contributed by atoms with Crippen molar-refractivity contribution >= 4 is 17.2 Å². The molecule has 1 aliphatic rings. The zero-order chi connectivity index (χ0) is 13.3. The van der Waals surface area contributed by atoms with Crippen LogP contribution in [0.15, 0.2) is 41.8 Å². The minimum absolute atomic E-state index is 0.377. The van der Waals surface area contributed by atoms with Crippen molar-refractivity contribution in [1.82, 2.24) is 0 Å². The largest absolute Gasteiger partial charge is 0.366 e. The van der Waals surface area contributed by atoms with E-state index in [1.807, 2.05) is 29.6 Å². The molecule has 3 rings (SSSR count). The van der Waals surface area contributed by atoms with Gasteiger partial charge in [0, 0.05) is 6.61 Å². The van der Waals surface area contributed by atoms with Gasteiger partial charge in [0.15, 0.2) is 0 Å². The molecule has 0 radical (unpaired) electrons. The predicted molar refractivity (Wildman–Crippen MR) is 75.2 cm³/mol. The van der Waals surface area contributed by atoms with Crippen molar-refractivity contribution in [3.05, 3.63) is 57.8 Å². The van der Waals surface area contributed by atoms with Crippen LogP contribution in [0.25, 0.3) is 0 Å². The van der Waals surface area contributed by atoms with Gasteiger partial charge in [0.05, 0.1) is 4.88 Å². The van der Waals surface area contributed by atoms with E-state index in [1.54, 1.807) is 0 Å². The number of primary amides is 1. The highest BCUT2D eigenvalue weighted by molar-refractivity contribution is 7.12. The fourth-order valence-corrected chi connectivity index (χ4v) is 3.47. The maximum atomic E-state index is 11.3. The number of rotatable bonds is 3. The van der Waals surface area contributed by atoms with Crippen molar-refractivity contribution < 1.29 is 9.53 Å². The summed E-state index contributed by atoms with van der Waals surface area (Å²) in [7, 11) is 0. The maximum absolute atomic E-state index is 11.3. The topological polar surface area (TPSA) is 52.3 Å². The molecule has 98 valence electrons. The summed E-state index contributed by atoms with van der Waals surface area (Å²) in [6.07, 6.45) is 1.96. The molecule has 1 saturated heterocycles. The summed E-state index contributed by atoms with van der Waals surface area (Å²) >= 11 is 1.38. The first-order valence-corrected chi connectivity index (χ1v) is 7.19. The zero-order valence-corrected chi connectivity index (χ0v) is 11.3. The lowest BCUT2D eigenvalue weighted by atomic mass is 9.85. The average Bonchev–Trinajstić information content (AvgIpc) is 3.09. The van der Waals surface area contributed by atoms with E-state index in [9.17, 15) is 4.79 Å². The van der Waals surface area contributed by atoms with E-state index in [-0.39, 0.29) is 5.91 Å². The van der Waals surface area contributed by atoms with Crippen molar-refractivity contribution in [2.24, 2.45) is 5.73 Å². The molecule has 1 aromatic carbocycles. The third-order valence-corrected chi connectivity index (χ3v) is 4.52. The van der Waals surface area contributed by atoms with E-state index >= 15 is 0 Å². The van der Waals surface area contributed by atoms with Crippen LogP contribution in [0.1, 0.15) is 33.6 Å². The highest BCUT2D eigenvalue weighted by Gasteiger charge is 2.39. The van der Waals surface area contributed by atoms with Crippen LogP contribution in [0.3, 0.4) is 0 Å². The normalized spacial score (nSPS) is 22.5. The van der Waals surface area contributed by atoms with Gasteiger partial charge in [-0.3, -0.25) is 4.79 Å². The van der Waals surface area contributed by atoms with Crippen LogP contribution in [0.5, 0.6) is 0 Å². The Kier molecular flexibility index (Phi) is 3.12. The molecule has 0 bridgehead atoms. The molecule has 0 spiro atoms. The summed E-state index contributed by atoms with van der Waals surface area (Å²) in [4.78, 5) is 11.8. The molecular weight excluding hydrogens is 258 g/mol. The summed E-state index contributed by atoms with van der Waals surface area (Å²) in [6.45, 7) is 0.747. The molecule has 1 amide bonds. The van der Waals surface area contributed by atoms with Gasteiger partial charge in [-0.25, -0.2) is 0 Å². The molecule has 3 nitrogen and oxygen atoms in total. The Labute approximate surface area is 116 Å². The van der Waals surface area contributed by atoms with Crippen LogP contribution in [-0.4, -0.2) is 12.5 Å². The van der Waals surface area contributed by atoms with Gasteiger partial charge in [-0.1, -0.05) is 30.3 Å². The first-order chi connectivity index (χ1) is 9.22. The highest BCUT2D eigenvalue weighted by atomic mass is 32.1. The lowest BCUT2D eigenvalue weighted by Gasteiger charge is -2.28. The molecule has 2 heterocycles. The van der Waals surface area contributed by atoms with E-state index in [0.717, 1.165) is 30.6 Å². The molecule has 1 atom stereocenters. The molecular formula is C15H15NO2S. The van der Waals surface area contributed by atoms with Crippen LogP contribution in [0.4, 0.5) is 0 Å². The summed E-state index contributed by atoms with van der Waals surface area (Å²) in [6, 6.07) is 12.0. The minimum atomic E-state index is -0.411. The van der Waals surface area contributed by atoms with E-state index in [0.29, 0.717) is 4.88 Å². The van der Waals surface area contributed by atoms with Gasteiger partial charge in [-0.15, -0.1) is 11.3 Å². The van der Waals surface area contributed by atoms with Crippen LogP contribution < -0.4 is 5.73 Å². The Morgan fingerprint density at radius 1 is 1.26 bits per heavy atom. The number of carbonyl (C=O) groups excluding carboxylic acids is 1. The number of carbonyl (C=O) groups is 1. The molecule has 2 N–H and O–H groups in total. The van der Waals surface area contributed by atoms with Crippen molar-refractivity contribution in [2.45, 2.75) is 18.4 Å². The molecule has 1 unspecified atom stereocenters. The Bertz CT molecular complexity index is 585. The minimum Gasteiger partial charge on any atom is -0.366 e. The van der Waals surface area contributed by atoms with Crippen molar-refractivity contribution in [3.8, 4) is 0 Å².